The molecule has 0 atom stereocenters. The van der Waals surface area contributed by atoms with Gasteiger partial charge in [-0.25, -0.2) is 0 Å². The van der Waals surface area contributed by atoms with Crippen LogP contribution in [-0.2, 0) is 4.74 Å². The van der Waals surface area contributed by atoms with E-state index in [9.17, 15) is 0 Å². The molecule has 0 aliphatic heterocycles. The van der Waals surface area contributed by atoms with Crippen LogP contribution in [0.4, 0.5) is 0 Å². The highest BCUT2D eigenvalue weighted by atomic mass is 16.5. The van der Waals surface area contributed by atoms with Crippen LogP contribution in [0.25, 0.3) is 0 Å². The number of rotatable bonds is 5. The van der Waals surface area contributed by atoms with Gasteiger partial charge in [0.05, 0.1) is 6.10 Å². The quantitative estimate of drug-likeness (QED) is 0.648. The van der Waals surface area contributed by atoms with Crippen molar-refractivity contribution in [3.8, 4) is 0 Å². The lowest BCUT2D eigenvalue weighted by Gasteiger charge is -2.28. The zero-order valence-electron chi connectivity index (χ0n) is 10.1. The van der Waals surface area contributed by atoms with Crippen LogP contribution < -0.4 is 0 Å². The maximum absolute atomic E-state index is 5.66. The third-order valence-corrected chi connectivity index (χ3v) is 3.35. The van der Waals surface area contributed by atoms with E-state index >= 15 is 0 Å². The van der Waals surface area contributed by atoms with E-state index in [4.69, 9.17) is 4.74 Å². The summed E-state index contributed by atoms with van der Waals surface area (Å²) >= 11 is 0. The largest absolute Gasteiger partial charge is 0.379 e. The molecule has 0 radical (unpaired) electrons. The summed E-state index contributed by atoms with van der Waals surface area (Å²) in [5.41, 5.74) is 0. The molecule has 1 heteroatoms. The summed E-state index contributed by atoms with van der Waals surface area (Å²) in [4.78, 5) is 0. The van der Waals surface area contributed by atoms with Crippen LogP contribution in [0.2, 0.25) is 0 Å². The van der Waals surface area contributed by atoms with Gasteiger partial charge in [0.2, 0.25) is 0 Å². The summed E-state index contributed by atoms with van der Waals surface area (Å²) in [6, 6.07) is 0. The molecular formula is C13H26O. The van der Waals surface area contributed by atoms with E-state index in [1.54, 1.807) is 0 Å². The summed E-state index contributed by atoms with van der Waals surface area (Å²) in [5.74, 6) is 1.87. The summed E-state index contributed by atoms with van der Waals surface area (Å²) in [5, 5.41) is 0. The van der Waals surface area contributed by atoms with E-state index in [1.807, 2.05) is 0 Å². The summed E-state index contributed by atoms with van der Waals surface area (Å²) in [6.07, 6.45) is 8.83. The fourth-order valence-corrected chi connectivity index (χ4v) is 2.39. The Kier molecular flexibility index (Phi) is 5.54. The van der Waals surface area contributed by atoms with Crippen molar-refractivity contribution in [2.24, 2.45) is 11.8 Å². The number of hydrogen-bond acceptors (Lipinski definition) is 1. The van der Waals surface area contributed by atoms with Gasteiger partial charge < -0.3 is 4.74 Å². The molecule has 0 amide bonds. The van der Waals surface area contributed by atoms with Crippen molar-refractivity contribution in [3.63, 3.8) is 0 Å². The summed E-state index contributed by atoms with van der Waals surface area (Å²) < 4.78 is 5.66. The van der Waals surface area contributed by atoms with Crippen LogP contribution in [0.3, 0.4) is 0 Å². The fourth-order valence-electron chi connectivity index (χ4n) is 2.39. The van der Waals surface area contributed by atoms with Crippen molar-refractivity contribution in [2.45, 2.75) is 65.4 Å². The molecule has 0 saturated heterocycles. The molecule has 0 aromatic rings. The van der Waals surface area contributed by atoms with E-state index in [2.05, 4.69) is 20.8 Å². The van der Waals surface area contributed by atoms with Crippen LogP contribution in [-0.4, -0.2) is 12.7 Å². The van der Waals surface area contributed by atoms with Gasteiger partial charge >= 0.3 is 0 Å². The predicted molar refractivity (Wildman–Crippen MR) is 61.4 cm³/mol. The topological polar surface area (TPSA) is 9.23 Å². The minimum atomic E-state index is 0.579. The predicted octanol–water partition coefficient (Wildman–Crippen LogP) is 4.02. The fraction of sp³-hybridized carbons (Fsp3) is 1.00. The molecule has 0 aromatic carbocycles. The van der Waals surface area contributed by atoms with Crippen LogP contribution >= 0.6 is 0 Å². The van der Waals surface area contributed by atoms with Crippen LogP contribution in [0, 0.1) is 11.8 Å². The Morgan fingerprint density at radius 3 is 2.29 bits per heavy atom. The average molecular weight is 198 g/mol. The van der Waals surface area contributed by atoms with E-state index in [1.165, 1.54) is 38.5 Å². The molecule has 1 aliphatic carbocycles. The third-order valence-electron chi connectivity index (χ3n) is 3.35. The molecule has 0 aromatic heterocycles. The zero-order valence-corrected chi connectivity index (χ0v) is 10.1. The minimum Gasteiger partial charge on any atom is -0.379 e. The van der Waals surface area contributed by atoms with E-state index < -0.39 is 0 Å². The standard InChI is InChI=1S/C13H26O/c1-4-14-13-9-7-12(8-10-13)6-5-11(2)3/h11-13H,4-10H2,1-3H3. The molecule has 1 saturated carbocycles. The first-order chi connectivity index (χ1) is 6.72. The third kappa shape index (κ3) is 4.45. The highest BCUT2D eigenvalue weighted by molar-refractivity contribution is 4.73. The summed E-state index contributed by atoms with van der Waals surface area (Å²) in [7, 11) is 0. The van der Waals surface area contributed by atoms with Crippen LogP contribution in [0.15, 0.2) is 0 Å². The Balaban J connectivity index is 2.09. The lowest BCUT2D eigenvalue weighted by atomic mass is 9.83. The molecule has 1 nitrogen and oxygen atoms in total. The maximum atomic E-state index is 5.66. The van der Waals surface area contributed by atoms with Crippen LogP contribution in [0.1, 0.15) is 59.3 Å². The van der Waals surface area contributed by atoms with Crippen molar-refractivity contribution in [2.75, 3.05) is 6.61 Å². The van der Waals surface area contributed by atoms with Crippen molar-refractivity contribution in [1.29, 1.82) is 0 Å². The van der Waals surface area contributed by atoms with Crippen molar-refractivity contribution >= 4 is 0 Å². The molecule has 0 spiro atoms. The monoisotopic (exact) mass is 198 g/mol. The van der Waals surface area contributed by atoms with Crippen molar-refractivity contribution < 1.29 is 4.74 Å². The number of hydrogen-bond donors (Lipinski definition) is 0. The SMILES string of the molecule is CCOC1CCC(CCC(C)C)CC1. The average Bonchev–Trinajstić information content (AvgIpc) is 2.17. The molecule has 1 aliphatic rings. The smallest absolute Gasteiger partial charge is 0.0575 e. The minimum absolute atomic E-state index is 0.579. The maximum Gasteiger partial charge on any atom is 0.0575 e. The Bertz CT molecular complexity index is 134. The molecule has 14 heavy (non-hydrogen) atoms. The van der Waals surface area contributed by atoms with Gasteiger partial charge in [-0.15, -0.1) is 0 Å². The van der Waals surface area contributed by atoms with Gasteiger partial charge in [0, 0.05) is 6.61 Å². The second-order valence-corrected chi connectivity index (χ2v) is 5.07. The van der Waals surface area contributed by atoms with Gasteiger partial charge in [0.25, 0.3) is 0 Å². The Morgan fingerprint density at radius 2 is 1.79 bits per heavy atom. The first-order valence-corrected chi connectivity index (χ1v) is 6.34. The van der Waals surface area contributed by atoms with Crippen LogP contribution in [0.5, 0.6) is 0 Å². The lowest BCUT2D eigenvalue weighted by Crippen LogP contribution is -2.21. The van der Waals surface area contributed by atoms with E-state index in [0.717, 1.165) is 18.4 Å². The molecule has 0 N–H and O–H groups in total. The highest BCUT2D eigenvalue weighted by Crippen LogP contribution is 2.30. The van der Waals surface area contributed by atoms with E-state index in [-0.39, 0.29) is 0 Å². The Hall–Kier alpha value is -0.0400. The Labute approximate surface area is 89.2 Å². The van der Waals surface area contributed by atoms with Gasteiger partial charge in [-0.1, -0.05) is 26.7 Å². The first-order valence-electron chi connectivity index (χ1n) is 6.34. The normalized spacial score (nSPS) is 28.3. The van der Waals surface area contributed by atoms with Gasteiger partial charge in [-0.3, -0.25) is 0 Å². The second kappa shape index (κ2) is 6.44. The van der Waals surface area contributed by atoms with E-state index in [0.29, 0.717) is 6.10 Å². The van der Waals surface area contributed by atoms with Crippen molar-refractivity contribution in [3.05, 3.63) is 0 Å². The second-order valence-electron chi connectivity index (χ2n) is 5.07. The lowest BCUT2D eigenvalue weighted by molar-refractivity contribution is 0.0243. The summed E-state index contributed by atoms with van der Waals surface area (Å²) in [6.45, 7) is 7.64. The first kappa shape index (κ1) is 12.0. The van der Waals surface area contributed by atoms with Gasteiger partial charge in [-0.05, 0) is 44.4 Å². The molecule has 0 heterocycles. The highest BCUT2D eigenvalue weighted by Gasteiger charge is 2.20. The van der Waals surface area contributed by atoms with Crippen molar-refractivity contribution in [1.82, 2.24) is 0 Å². The zero-order chi connectivity index (χ0) is 10.4. The molecule has 0 bridgehead atoms. The Morgan fingerprint density at radius 1 is 1.14 bits per heavy atom. The molecule has 1 fully saturated rings. The van der Waals surface area contributed by atoms with Gasteiger partial charge in [0.1, 0.15) is 0 Å². The molecular weight excluding hydrogens is 172 g/mol. The van der Waals surface area contributed by atoms with Gasteiger partial charge in [-0.2, -0.15) is 0 Å². The van der Waals surface area contributed by atoms with Gasteiger partial charge in [0.15, 0.2) is 0 Å². The number of ether oxygens (including phenoxy) is 1. The molecule has 1 rings (SSSR count). The molecule has 84 valence electrons. The molecule has 0 unspecified atom stereocenters.